The highest BCUT2D eigenvalue weighted by Gasteiger charge is 2.35. The molecule has 0 saturated carbocycles. The number of aromatic nitrogens is 2. The molecule has 3 heterocycles. The van der Waals surface area contributed by atoms with Crippen LogP contribution >= 0.6 is 34.7 Å². The molecule has 1 aliphatic rings. The van der Waals surface area contributed by atoms with Gasteiger partial charge in [0, 0.05) is 9.90 Å². The van der Waals surface area contributed by atoms with Crippen molar-refractivity contribution >= 4 is 62.8 Å². The van der Waals surface area contributed by atoms with Gasteiger partial charge in [-0.1, -0.05) is 17.7 Å². The first kappa shape index (κ1) is 17.0. The number of thiophene rings is 1. The maximum Gasteiger partial charge on any atom is 0.293 e. The summed E-state index contributed by atoms with van der Waals surface area (Å²) in [6.45, 7) is -0.0970. The SMILES string of the molecule is O=C1S/C(=C\c2cccs2)C(=O)N1Cc1nc2ccc(Cl)cc2c(=O)[nH]1. The summed E-state index contributed by atoms with van der Waals surface area (Å²) in [6, 6.07) is 8.52. The summed E-state index contributed by atoms with van der Waals surface area (Å²) < 4.78 is 0. The first-order chi connectivity index (χ1) is 12.5. The van der Waals surface area contributed by atoms with Crippen LogP contribution in [0.3, 0.4) is 0 Å². The zero-order valence-corrected chi connectivity index (χ0v) is 15.5. The van der Waals surface area contributed by atoms with Crippen molar-refractivity contribution in [1.29, 1.82) is 0 Å². The Labute approximate surface area is 160 Å². The topological polar surface area (TPSA) is 83.1 Å². The molecule has 1 fully saturated rings. The van der Waals surface area contributed by atoms with E-state index in [9.17, 15) is 14.4 Å². The van der Waals surface area contributed by atoms with Crippen molar-refractivity contribution < 1.29 is 9.59 Å². The predicted molar refractivity (Wildman–Crippen MR) is 103 cm³/mol. The van der Waals surface area contributed by atoms with E-state index < -0.39 is 11.1 Å². The van der Waals surface area contributed by atoms with Gasteiger partial charge in [0.05, 0.1) is 22.4 Å². The Hall–Kier alpha value is -2.42. The molecule has 2 amide bonds. The molecule has 130 valence electrons. The number of thioether (sulfide) groups is 1. The third-order valence-corrected chi connectivity index (χ3v) is 5.68. The minimum Gasteiger partial charge on any atom is -0.308 e. The number of aromatic amines is 1. The summed E-state index contributed by atoms with van der Waals surface area (Å²) in [6.07, 6.45) is 1.69. The summed E-state index contributed by atoms with van der Waals surface area (Å²) in [5, 5.41) is 2.29. The normalized spacial score (nSPS) is 16.2. The van der Waals surface area contributed by atoms with Gasteiger partial charge in [0.1, 0.15) is 5.82 Å². The fraction of sp³-hybridized carbons (Fsp3) is 0.0588. The quantitative estimate of drug-likeness (QED) is 0.671. The fourth-order valence-corrected chi connectivity index (χ4v) is 4.26. The molecule has 0 spiro atoms. The van der Waals surface area contributed by atoms with E-state index in [4.69, 9.17) is 11.6 Å². The molecule has 1 saturated heterocycles. The van der Waals surface area contributed by atoms with Crippen molar-refractivity contribution in [3.8, 4) is 0 Å². The van der Waals surface area contributed by atoms with Crippen LogP contribution in [-0.4, -0.2) is 26.0 Å². The average molecular weight is 404 g/mol. The number of imide groups is 1. The van der Waals surface area contributed by atoms with Crippen LogP contribution in [0.4, 0.5) is 4.79 Å². The zero-order chi connectivity index (χ0) is 18.3. The van der Waals surface area contributed by atoms with Gasteiger partial charge in [-0.3, -0.25) is 19.3 Å². The standard InChI is InChI=1S/C17H10ClN3O3S2/c18-9-3-4-12-11(6-9)15(22)20-14(19-12)8-21-16(23)13(26-17(21)24)7-10-2-1-5-25-10/h1-7H,8H2,(H,19,20,22)/b13-7-. The van der Waals surface area contributed by atoms with E-state index in [-0.39, 0.29) is 17.9 Å². The predicted octanol–water partition coefficient (Wildman–Crippen LogP) is 3.87. The van der Waals surface area contributed by atoms with Crippen molar-refractivity contribution in [2.45, 2.75) is 6.54 Å². The number of nitrogens with one attached hydrogen (secondary N) is 1. The number of nitrogens with zero attached hydrogens (tertiary/aromatic N) is 2. The second-order valence-corrected chi connectivity index (χ2v) is 7.87. The van der Waals surface area contributed by atoms with Gasteiger partial charge in [-0.05, 0) is 47.5 Å². The van der Waals surface area contributed by atoms with Gasteiger partial charge in [-0.2, -0.15) is 0 Å². The van der Waals surface area contributed by atoms with Crippen molar-refractivity contribution in [1.82, 2.24) is 14.9 Å². The minimum absolute atomic E-state index is 0.0970. The zero-order valence-electron chi connectivity index (χ0n) is 13.1. The molecule has 26 heavy (non-hydrogen) atoms. The number of carbonyl (C=O) groups excluding carboxylic acids is 2. The van der Waals surface area contributed by atoms with E-state index in [1.165, 1.54) is 17.4 Å². The number of H-pyrrole nitrogens is 1. The van der Waals surface area contributed by atoms with Gasteiger partial charge in [-0.25, -0.2) is 4.98 Å². The van der Waals surface area contributed by atoms with Crippen LogP contribution in [0.5, 0.6) is 0 Å². The van der Waals surface area contributed by atoms with Crippen LogP contribution in [0.25, 0.3) is 17.0 Å². The van der Waals surface area contributed by atoms with Crippen molar-refractivity contribution in [2.75, 3.05) is 0 Å². The van der Waals surface area contributed by atoms with Crippen LogP contribution in [0.1, 0.15) is 10.7 Å². The highest BCUT2D eigenvalue weighted by atomic mass is 35.5. The summed E-state index contributed by atoms with van der Waals surface area (Å²) in [5.41, 5.74) is 0.0860. The second-order valence-electron chi connectivity index (χ2n) is 5.46. The molecule has 0 aliphatic carbocycles. The minimum atomic E-state index is -0.396. The van der Waals surface area contributed by atoms with E-state index in [0.717, 1.165) is 21.5 Å². The molecular weight excluding hydrogens is 394 g/mol. The lowest BCUT2D eigenvalue weighted by molar-refractivity contribution is -0.123. The van der Waals surface area contributed by atoms with E-state index in [0.29, 0.717) is 20.8 Å². The smallest absolute Gasteiger partial charge is 0.293 e. The fourth-order valence-electron chi connectivity index (χ4n) is 2.52. The first-order valence-corrected chi connectivity index (χ1v) is 9.56. The largest absolute Gasteiger partial charge is 0.308 e. The van der Waals surface area contributed by atoms with Gasteiger partial charge in [0.15, 0.2) is 0 Å². The van der Waals surface area contributed by atoms with Crippen LogP contribution in [0.15, 0.2) is 45.4 Å². The van der Waals surface area contributed by atoms with Gasteiger partial charge in [0.25, 0.3) is 16.7 Å². The summed E-state index contributed by atoms with van der Waals surface area (Å²) in [5.74, 6) is -0.156. The second kappa shape index (κ2) is 6.71. The molecule has 1 aliphatic heterocycles. The number of carbonyl (C=O) groups is 2. The maximum absolute atomic E-state index is 12.5. The third kappa shape index (κ3) is 3.18. The molecule has 0 bridgehead atoms. The highest BCUT2D eigenvalue weighted by Crippen LogP contribution is 2.33. The van der Waals surface area contributed by atoms with Crippen molar-refractivity contribution in [2.24, 2.45) is 0 Å². The van der Waals surface area contributed by atoms with Crippen molar-refractivity contribution in [3.05, 3.63) is 66.7 Å². The van der Waals surface area contributed by atoms with Gasteiger partial charge >= 0.3 is 0 Å². The molecule has 1 aromatic carbocycles. The third-order valence-electron chi connectivity index (χ3n) is 3.71. The monoisotopic (exact) mass is 403 g/mol. The Bertz CT molecular complexity index is 1120. The van der Waals surface area contributed by atoms with Gasteiger partial charge in [0.2, 0.25) is 0 Å². The van der Waals surface area contributed by atoms with Crippen molar-refractivity contribution in [3.63, 3.8) is 0 Å². The Morgan fingerprint density at radius 1 is 1.23 bits per heavy atom. The lowest BCUT2D eigenvalue weighted by Gasteiger charge is -2.12. The van der Waals surface area contributed by atoms with Crippen LogP contribution in [0, 0.1) is 0 Å². The summed E-state index contributed by atoms with van der Waals surface area (Å²) in [4.78, 5) is 46.2. The van der Waals surface area contributed by atoms with E-state index in [1.54, 1.807) is 18.2 Å². The van der Waals surface area contributed by atoms with E-state index in [2.05, 4.69) is 9.97 Å². The number of rotatable bonds is 3. The maximum atomic E-state index is 12.5. The number of fused-ring (bicyclic) bond motifs is 1. The highest BCUT2D eigenvalue weighted by molar-refractivity contribution is 8.18. The number of benzene rings is 1. The molecule has 2 aromatic heterocycles. The Morgan fingerprint density at radius 3 is 2.85 bits per heavy atom. The molecule has 3 aromatic rings. The number of halogens is 1. The Balaban J connectivity index is 1.64. The lowest BCUT2D eigenvalue weighted by Crippen LogP contribution is -2.29. The number of amides is 2. The Kier molecular flexibility index (Phi) is 4.39. The van der Waals surface area contributed by atoms with Crippen LogP contribution in [0.2, 0.25) is 5.02 Å². The van der Waals surface area contributed by atoms with E-state index in [1.807, 2.05) is 17.5 Å². The molecule has 6 nitrogen and oxygen atoms in total. The molecule has 1 N–H and O–H groups in total. The summed E-state index contributed by atoms with van der Waals surface area (Å²) >= 11 is 8.25. The van der Waals surface area contributed by atoms with Gasteiger partial charge < -0.3 is 4.98 Å². The van der Waals surface area contributed by atoms with Crippen LogP contribution in [-0.2, 0) is 11.3 Å². The van der Waals surface area contributed by atoms with E-state index >= 15 is 0 Å². The van der Waals surface area contributed by atoms with Crippen LogP contribution < -0.4 is 5.56 Å². The molecular formula is C17H10ClN3O3S2. The lowest BCUT2D eigenvalue weighted by atomic mass is 10.2. The average Bonchev–Trinajstić information content (AvgIpc) is 3.20. The first-order valence-electron chi connectivity index (χ1n) is 7.48. The Morgan fingerprint density at radius 2 is 2.08 bits per heavy atom. The van der Waals surface area contributed by atoms with Gasteiger partial charge in [-0.15, -0.1) is 11.3 Å². The molecule has 0 atom stereocenters. The molecule has 0 radical (unpaired) electrons. The summed E-state index contributed by atoms with van der Waals surface area (Å²) in [7, 11) is 0. The molecule has 4 rings (SSSR count). The number of hydrogen-bond acceptors (Lipinski definition) is 6. The molecule has 0 unspecified atom stereocenters. The molecule has 9 heteroatoms. The number of hydrogen-bond donors (Lipinski definition) is 1.